The molecule has 0 radical (unpaired) electrons. The van der Waals surface area contributed by atoms with Gasteiger partial charge in [-0.05, 0) is 44.5 Å². The van der Waals surface area contributed by atoms with Crippen LogP contribution in [0.3, 0.4) is 0 Å². The number of amides is 1. The Hall–Kier alpha value is -2.89. The number of carbonyl (C=O) groups excluding carboxylic acids is 2. The fraction of sp³-hybridized carbons (Fsp3) is 0.381. The summed E-state index contributed by atoms with van der Waals surface area (Å²) in [6, 6.07) is 9.53. The summed E-state index contributed by atoms with van der Waals surface area (Å²) in [6.45, 7) is 8.80. The summed E-state index contributed by atoms with van der Waals surface area (Å²) >= 11 is 0. The van der Waals surface area contributed by atoms with E-state index in [-0.39, 0.29) is 11.9 Å². The first-order valence-electron chi connectivity index (χ1n) is 9.24. The molecule has 1 amide bonds. The number of hydrogen-bond donors (Lipinski definition) is 0. The van der Waals surface area contributed by atoms with Gasteiger partial charge in [-0.3, -0.25) is 4.79 Å². The Labute approximate surface area is 159 Å². The number of pyridine rings is 1. The summed E-state index contributed by atoms with van der Waals surface area (Å²) in [5, 5.41) is 0. The number of piperazine rings is 1. The van der Waals surface area contributed by atoms with Crippen molar-refractivity contribution in [3.05, 3.63) is 58.8 Å². The van der Waals surface area contributed by atoms with E-state index in [2.05, 4.69) is 9.88 Å². The van der Waals surface area contributed by atoms with Crippen LogP contribution in [0.1, 0.15) is 38.8 Å². The lowest BCUT2D eigenvalue weighted by Crippen LogP contribution is -2.49. The largest absolute Gasteiger partial charge is 0.462 e. The lowest BCUT2D eigenvalue weighted by Gasteiger charge is -2.35. The van der Waals surface area contributed by atoms with Crippen molar-refractivity contribution in [1.82, 2.24) is 9.88 Å². The van der Waals surface area contributed by atoms with E-state index in [9.17, 15) is 9.59 Å². The van der Waals surface area contributed by atoms with Gasteiger partial charge in [-0.15, -0.1) is 0 Å². The average Bonchev–Trinajstić information content (AvgIpc) is 2.70. The van der Waals surface area contributed by atoms with Crippen LogP contribution in [-0.2, 0) is 4.74 Å². The molecule has 3 rings (SSSR count). The molecule has 6 heteroatoms. The van der Waals surface area contributed by atoms with E-state index < -0.39 is 0 Å². The molecule has 2 heterocycles. The quantitative estimate of drug-likeness (QED) is 0.778. The number of hydrogen-bond acceptors (Lipinski definition) is 5. The Bertz CT molecular complexity index is 825. The second-order valence-corrected chi connectivity index (χ2v) is 6.72. The Morgan fingerprint density at radius 3 is 2.44 bits per heavy atom. The maximum Gasteiger partial charge on any atom is 0.339 e. The highest BCUT2D eigenvalue weighted by Crippen LogP contribution is 2.18. The summed E-state index contributed by atoms with van der Waals surface area (Å²) in [7, 11) is 0. The van der Waals surface area contributed by atoms with Crippen LogP contribution >= 0.6 is 0 Å². The standard InChI is InChI=1S/C21H25N3O3/c1-4-27-21(26)17-7-8-19(22-14-17)23-9-11-24(12-10-23)20(25)18-13-15(2)5-6-16(18)3/h5-8,13-14H,4,9-12H2,1-3H3. The van der Waals surface area contributed by atoms with Crippen molar-refractivity contribution in [1.29, 1.82) is 0 Å². The monoisotopic (exact) mass is 367 g/mol. The smallest absolute Gasteiger partial charge is 0.339 e. The number of anilines is 1. The summed E-state index contributed by atoms with van der Waals surface area (Å²) in [6.07, 6.45) is 1.54. The lowest BCUT2D eigenvalue weighted by atomic mass is 10.0. The van der Waals surface area contributed by atoms with Gasteiger partial charge in [0.2, 0.25) is 0 Å². The van der Waals surface area contributed by atoms with Crippen molar-refractivity contribution in [2.24, 2.45) is 0 Å². The van der Waals surface area contributed by atoms with E-state index >= 15 is 0 Å². The molecule has 27 heavy (non-hydrogen) atoms. The molecule has 6 nitrogen and oxygen atoms in total. The molecule has 0 atom stereocenters. The van der Waals surface area contributed by atoms with Crippen LogP contribution in [0.25, 0.3) is 0 Å². The van der Waals surface area contributed by atoms with Gasteiger partial charge in [-0.2, -0.15) is 0 Å². The van der Waals surface area contributed by atoms with E-state index in [1.807, 2.05) is 43.0 Å². The molecule has 1 aliphatic rings. The van der Waals surface area contributed by atoms with Crippen LogP contribution in [0, 0.1) is 13.8 Å². The average molecular weight is 367 g/mol. The van der Waals surface area contributed by atoms with Crippen LogP contribution in [0.5, 0.6) is 0 Å². The Kier molecular flexibility index (Phi) is 5.74. The SMILES string of the molecule is CCOC(=O)c1ccc(N2CCN(C(=O)c3cc(C)ccc3C)CC2)nc1. The van der Waals surface area contributed by atoms with E-state index in [0.29, 0.717) is 38.3 Å². The number of rotatable bonds is 4. The highest BCUT2D eigenvalue weighted by atomic mass is 16.5. The maximum absolute atomic E-state index is 12.8. The molecule has 0 spiro atoms. The van der Waals surface area contributed by atoms with Gasteiger partial charge in [0.15, 0.2) is 0 Å². The highest BCUT2D eigenvalue weighted by molar-refractivity contribution is 5.96. The van der Waals surface area contributed by atoms with Crippen molar-refractivity contribution in [2.75, 3.05) is 37.7 Å². The van der Waals surface area contributed by atoms with E-state index in [0.717, 1.165) is 22.5 Å². The van der Waals surface area contributed by atoms with Gasteiger partial charge in [-0.25, -0.2) is 9.78 Å². The van der Waals surface area contributed by atoms with Crippen LogP contribution < -0.4 is 4.90 Å². The predicted molar refractivity (Wildman–Crippen MR) is 104 cm³/mol. The second-order valence-electron chi connectivity index (χ2n) is 6.72. The molecule has 1 fully saturated rings. The fourth-order valence-corrected chi connectivity index (χ4v) is 3.18. The lowest BCUT2D eigenvalue weighted by molar-refractivity contribution is 0.0525. The molecular formula is C21H25N3O3. The summed E-state index contributed by atoms with van der Waals surface area (Å²) in [5.74, 6) is 0.531. The minimum Gasteiger partial charge on any atom is -0.462 e. The van der Waals surface area contributed by atoms with Gasteiger partial charge in [0.1, 0.15) is 5.82 Å². The molecule has 1 aromatic carbocycles. The fourth-order valence-electron chi connectivity index (χ4n) is 3.18. The minimum absolute atomic E-state index is 0.0847. The third kappa shape index (κ3) is 4.27. The first-order chi connectivity index (χ1) is 13.0. The molecule has 0 bridgehead atoms. The molecule has 0 aliphatic carbocycles. The first kappa shape index (κ1) is 18.9. The summed E-state index contributed by atoms with van der Waals surface area (Å²) in [4.78, 5) is 33.0. The first-order valence-corrected chi connectivity index (χ1v) is 9.24. The van der Waals surface area contributed by atoms with Crippen molar-refractivity contribution >= 4 is 17.7 Å². The van der Waals surface area contributed by atoms with Gasteiger partial charge >= 0.3 is 5.97 Å². The molecule has 1 aromatic heterocycles. The van der Waals surface area contributed by atoms with Gasteiger partial charge in [0.25, 0.3) is 5.91 Å². The zero-order valence-corrected chi connectivity index (χ0v) is 16.1. The molecular weight excluding hydrogens is 342 g/mol. The van der Waals surface area contributed by atoms with Gasteiger partial charge < -0.3 is 14.5 Å². The summed E-state index contributed by atoms with van der Waals surface area (Å²) in [5.41, 5.74) is 3.32. The number of ether oxygens (including phenoxy) is 1. The van der Waals surface area contributed by atoms with Crippen LogP contribution in [-0.4, -0.2) is 54.5 Å². The predicted octanol–water partition coefficient (Wildman–Crippen LogP) is 2.84. The number of benzene rings is 1. The third-order valence-electron chi connectivity index (χ3n) is 4.77. The number of aryl methyl sites for hydroxylation is 2. The zero-order chi connectivity index (χ0) is 19.4. The van der Waals surface area contributed by atoms with Crippen molar-refractivity contribution < 1.29 is 14.3 Å². The second kappa shape index (κ2) is 8.20. The van der Waals surface area contributed by atoms with Crippen LogP contribution in [0.2, 0.25) is 0 Å². The Morgan fingerprint density at radius 2 is 1.81 bits per heavy atom. The van der Waals surface area contributed by atoms with Crippen molar-refractivity contribution in [3.63, 3.8) is 0 Å². The molecule has 1 aliphatic heterocycles. The number of carbonyl (C=O) groups is 2. The summed E-state index contributed by atoms with van der Waals surface area (Å²) < 4.78 is 4.98. The molecule has 142 valence electrons. The normalized spacial score (nSPS) is 14.2. The Morgan fingerprint density at radius 1 is 1.07 bits per heavy atom. The Balaban J connectivity index is 1.62. The van der Waals surface area contributed by atoms with E-state index in [1.54, 1.807) is 19.2 Å². The molecule has 0 N–H and O–H groups in total. The number of nitrogens with zero attached hydrogens (tertiary/aromatic N) is 3. The third-order valence-corrected chi connectivity index (χ3v) is 4.77. The topological polar surface area (TPSA) is 62.7 Å². The maximum atomic E-state index is 12.8. The van der Waals surface area contributed by atoms with Gasteiger partial charge in [0, 0.05) is 37.9 Å². The minimum atomic E-state index is -0.361. The number of aromatic nitrogens is 1. The molecule has 0 saturated carbocycles. The number of esters is 1. The van der Waals surface area contributed by atoms with Crippen molar-refractivity contribution in [3.8, 4) is 0 Å². The van der Waals surface area contributed by atoms with E-state index in [1.165, 1.54) is 0 Å². The molecule has 1 saturated heterocycles. The van der Waals surface area contributed by atoms with Gasteiger partial charge in [-0.1, -0.05) is 17.7 Å². The van der Waals surface area contributed by atoms with Gasteiger partial charge in [0.05, 0.1) is 12.2 Å². The van der Waals surface area contributed by atoms with Crippen LogP contribution in [0.15, 0.2) is 36.5 Å². The molecule has 2 aromatic rings. The van der Waals surface area contributed by atoms with Crippen LogP contribution in [0.4, 0.5) is 5.82 Å². The van der Waals surface area contributed by atoms with Crippen molar-refractivity contribution in [2.45, 2.75) is 20.8 Å². The van der Waals surface area contributed by atoms with E-state index in [4.69, 9.17) is 4.74 Å². The molecule has 0 unspecified atom stereocenters. The zero-order valence-electron chi connectivity index (χ0n) is 16.1. The highest BCUT2D eigenvalue weighted by Gasteiger charge is 2.24.